The van der Waals surface area contributed by atoms with Gasteiger partial charge in [0.25, 0.3) is 0 Å². The van der Waals surface area contributed by atoms with Crippen LogP contribution in [0.2, 0.25) is 0 Å². The topological polar surface area (TPSA) is 3.24 Å². The van der Waals surface area contributed by atoms with Crippen molar-refractivity contribution < 1.29 is 0 Å². The van der Waals surface area contributed by atoms with Gasteiger partial charge in [-0.05, 0) is 27.8 Å². The van der Waals surface area contributed by atoms with E-state index in [1.54, 1.807) is 0 Å². The summed E-state index contributed by atoms with van der Waals surface area (Å²) in [4.78, 5) is 0. The lowest BCUT2D eigenvalue weighted by atomic mass is 10.2. The van der Waals surface area contributed by atoms with Gasteiger partial charge in [-0.2, -0.15) is 0 Å². The molecule has 0 bridgehead atoms. The summed E-state index contributed by atoms with van der Waals surface area (Å²) in [5.74, 6) is 0. The van der Waals surface area contributed by atoms with Crippen LogP contribution in [0.4, 0.5) is 0 Å². The molecule has 0 amide bonds. The van der Waals surface area contributed by atoms with E-state index in [0.29, 0.717) is 0 Å². The van der Waals surface area contributed by atoms with E-state index in [1.165, 1.54) is 11.1 Å². The SMILES string of the molecule is CC(C)=C(C)CN(C)I. The molecule has 2 heteroatoms. The maximum atomic E-state index is 2.29. The number of hydrogen-bond acceptors (Lipinski definition) is 1. The first-order valence-electron chi connectivity index (χ1n) is 3.04. The largest absolute Gasteiger partial charge is 0.247 e. The van der Waals surface area contributed by atoms with Gasteiger partial charge in [-0.25, -0.2) is 3.11 Å². The van der Waals surface area contributed by atoms with E-state index >= 15 is 0 Å². The Balaban J connectivity index is 3.77. The molecule has 0 radical (unpaired) electrons. The smallest absolute Gasteiger partial charge is 0.0288 e. The van der Waals surface area contributed by atoms with Crippen molar-refractivity contribution in [3.05, 3.63) is 11.1 Å². The molecule has 0 spiro atoms. The second kappa shape index (κ2) is 4.28. The number of hydrogen-bond donors (Lipinski definition) is 0. The van der Waals surface area contributed by atoms with Crippen molar-refractivity contribution in [3.8, 4) is 0 Å². The third-order valence-electron chi connectivity index (χ3n) is 1.31. The minimum atomic E-state index is 1.07. The summed E-state index contributed by atoms with van der Waals surface area (Å²) in [6.45, 7) is 7.54. The van der Waals surface area contributed by atoms with E-state index in [2.05, 4.69) is 53.8 Å². The highest BCUT2D eigenvalue weighted by Gasteiger charge is 1.93. The number of allylic oxidation sites excluding steroid dienone is 1. The summed E-state index contributed by atoms with van der Waals surface area (Å²) in [6.07, 6.45) is 0. The molecule has 0 aliphatic carbocycles. The fourth-order valence-corrected chi connectivity index (χ4v) is 0.997. The van der Waals surface area contributed by atoms with Gasteiger partial charge in [-0.15, -0.1) is 0 Å². The Morgan fingerprint density at radius 1 is 1.33 bits per heavy atom. The predicted molar refractivity (Wildman–Crippen MR) is 50.7 cm³/mol. The summed E-state index contributed by atoms with van der Waals surface area (Å²) in [5, 5.41) is 0. The molecule has 0 atom stereocenters. The zero-order chi connectivity index (χ0) is 7.44. The Bertz CT molecular complexity index is 112. The van der Waals surface area contributed by atoms with Gasteiger partial charge in [-0.3, -0.25) is 0 Å². The quantitative estimate of drug-likeness (QED) is 0.406. The van der Waals surface area contributed by atoms with Gasteiger partial charge in [0.2, 0.25) is 0 Å². The van der Waals surface area contributed by atoms with E-state index in [0.717, 1.165) is 6.54 Å². The van der Waals surface area contributed by atoms with E-state index in [-0.39, 0.29) is 0 Å². The Labute approximate surface area is 71.6 Å². The van der Waals surface area contributed by atoms with Crippen molar-refractivity contribution in [1.82, 2.24) is 3.11 Å². The van der Waals surface area contributed by atoms with Crippen LogP contribution in [0.3, 0.4) is 0 Å². The maximum absolute atomic E-state index is 2.29. The molecule has 54 valence electrons. The molecule has 0 saturated heterocycles. The first-order chi connectivity index (χ1) is 4.04. The first kappa shape index (κ1) is 9.43. The zero-order valence-electron chi connectivity index (χ0n) is 6.53. The van der Waals surface area contributed by atoms with Gasteiger partial charge in [0.05, 0.1) is 0 Å². The molecule has 0 saturated carbocycles. The zero-order valence-corrected chi connectivity index (χ0v) is 8.69. The van der Waals surface area contributed by atoms with Crippen LogP contribution in [0, 0.1) is 0 Å². The molecular weight excluding hydrogens is 225 g/mol. The van der Waals surface area contributed by atoms with Crippen LogP contribution in [-0.2, 0) is 0 Å². The highest BCUT2D eigenvalue weighted by molar-refractivity contribution is 14.1. The molecule has 0 rings (SSSR count). The number of halogens is 1. The predicted octanol–water partition coefficient (Wildman–Crippen LogP) is 2.62. The second-order valence-corrected chi connectivity index (χ2v) is 4.19. The molecule has 0 aromatic heterocycles. The summed E-state index contributed by atoms with van der Waals surface area (Å²) in [5.41, 5.74) is 2.89. The van der Waals surface area contributed by atoms with Crippen molar-refractivity contribution in [2.24, 2.45) is 0 Å². The number of likely N-dealkylation sites (N-methyl/N-ethyl adjacent to an activating group) is 1. The lowest BCUT2D eigenvalue weighted by Gasteiger charge is -2.08. The van der Waals surface area contributed by atoms with E-state index in [4.69, 9.17) is 0 Å². The lowest BCUT2D eigenvalue weighted by Crippen LogP contribution is -2.07. The Kier molecular flexibility index (Phi) is 4.48. The summed E-state index contributed by atoms with van der Waals surface area (Å²) < 4.78 is 2.15. The number of rotatable bonds is 2. The van der Waals surface area contributed by atoms with Crippen LogP contribution in [0.1, 0.15) is 20.8 Å². The van der Waals surface area contributed by atoms with E-state index < -0.39 is 0 Å². The van der Waals surface area contributed by atoms with Gasteiger partial charge in [0, 0.05) is 29.4 Å². The maximum Gasteiger partial charge on any atom is 0.0288 e. The molecule has 0 N–H and O–H groups in total. The van der Waals surface area contributed by atoms with Crippen molar-refractivity contribution in [2.45, 2.75) is 20.8 Å². The van der Waals surface area contributed by atoms with Crippen molar-refractivity contribution in [1.29, 1.82) is 0 Å². The highest BCUT2D eigenvalue weighted by Crippen LogP contribution is 2.05. The molecule has 0 fully saturated rings. The van der Waals surface area contributed by atoms with Crippen molar-refractivity contribution >= 4 is 22.9 Å². The first-order valence-corrected chi connectivity index (χ1v) is 4.00. The Hall–Kier alpha value is 0.430. The van der Waals surface area contributed by atoms with Gasteiger partial charge in [0.15, 0.2) is 0 Å². The van der Waals surface area contributed by atoms with Gasteiger partial charge < -0.3 is 0 Å². The van der Waals surface area contributed by atoms with Crippen LogP contribution in [0.5, 0.6) is 0 Å². The molecule has 9 heavy (non-hydrogen) atoms. The summed E-state index contributed by atoms with van der Waals surface area (Å²) in [7, 11) is 2.08. The van der Waals surface area contributed by atoms with E-state index in [9.17, 15) is 0 Å². The molecule has 1 nitrogen and oxygen atoms in total. The molecule has 0 aliphatic heterocycles. The third kappa shape index (κ3) is 4.90. The fourth-order valence-electron chi connectivity index (χ4n) is 0.485. The van der Waals surface area contributed by atoms with Gasteiger partial charge >= 0.3 is 0 Å². The minimum absolute atomic E-state index is 1.07. The lowest BCUT2D eigenvalue weighted by molar-refractivity contribution is 0.661. The molecule has 0 aliphatic rings. The monoisotopic (exact) mass is 239 g/mol. The normalized spacial score (nSPS) is 10.0. The van der Waals surface area contributed by atoms with Crippen LogP contribution >= 0.6 is 22.9 Å². The van der Waals surface area contributed by atoms with Crippen LogP contribution in [0.25, 0.3) is 0 Å². The van der Waals surface area contributed by atoms with Crippen LogP contribution in [-0.4, -0.2) is 16.7 Å². The minimum Gasteiger partial charge on any atom is -0.247 e. The average molecular weight is 239 g/mol. The standard InChI is InChI=1S/C7H14IN/c1-6(2)7(3)5-9(4)8/h5H2,1-4H3. The van der Waals surface area contributed by atoms with Crippen LogP contribution in [0.15, 0.2) is 11.1 Å². The Morgan fingerprint density at radius 2 is 1.78 bits per heavy atom. The molecule has 0 unspecified atom stereocenters. The highest BCUT2D eigenvalue weighted by atomic mass is 127. The molecular formula is C7H14IN. The average Bonchev–Trinajstić information content (AvgIpc) is 1.63. The van der Waals surface area contributed by atoms with E-state index in [1.807, 2.05) is 0 Å². The summed E-state index contributed by atoms with van der Waals surface area (Å²) in [6, 6.07) is 0. The second-order valence-electron chi connectivity index (χ2n) is 2.54. The van der Waals surface area contributed by atoms with Crippen molar-refractivity contribution in [3.63, 3.8) is 0 Å². The van der Waals surface area contributed by atoms with Gasteiger partial charge in [0.1, 0.15) is 0 Å². The molecule has 0 aromatic carbocycles. The number of nitrogens with zero attached hydrogens (tertiary/aromatic N) is 1. The van der Waals surface area contributed by atoms with Crippen LogP contribution < -0.4 is 0 Å². The Morgan fingerprint density at radius 3 is 1.89 bits per heavy atom. The fraction of sp³-hybridized carbons (Fsp3) is 0.714. The molecule has 0 heterocycles. The van der Waals surface area contributed by atoms with Crippen molar-refractivity contribution in [2.75, 3.05) is 13.6 Å². The summed E-state index contributed by atoms with van der Waals surface area (Å²) >= 11 is 2.29. The third-order valence-corrected chi connectivity index (χ3v) is 1.65. The van der Waals surface area contributed by atoms with Gasteiger partial charge in [-0.1, -0.05) is 11.1 Å². The molecule has 0 aromatic rings.